The molecular weight excluding hydrogens is 1200 g/mol. The predicted molar refractivity (Wildman–Crippen MR) is 362 cm³/mol. The molecule has 7 rings (SSSR count). The molecule has 1 N–H and O–H groups in total. The number of esters is 2. The van der Waals surface area contributed by atoms with Crippen LogP contribution in [0.25, 0.3) is 0 Å². The largest absolute Gasteiger partial charge is 0.463 e. The lowest BCUT2D eigenvalue weighted by Crippen LogP contribution is -2.52. The van der Waals surface area contributed by atoms with Crippen LogP contribution < -0.4 is 9.80 Å². The van der Waals surface area contributed by atoms with E-state index in [1.54, 1.807) is 16.9 Å². The molecule has 4 aromatic rings. The zero-order valence-electron chi connectivity index (χ0n) is 56.9. The van der Waals surface area contributed by atoms with E-state index in [4.69, 9.17) is 38.3 Å². The third-order valence-corrected chi connectivity index (χ3v) is 18.6. The van der Waals surface area contributed by atoms with E-state index in [-0.39, 0.29) is 55.1 Å². The molecule has 3 aliphatic heterocycles. The molecule has 0 radical (unpaired) electrons. The molecule has 94 heavy (non-hydrogen) atoms. The normalized spacial score (nSPS) is 16.3. The number of likely N-dealkylation sites (N-methyl/N-ethyl adjacent to an activating group) is 2. The monoisotopic (exact) mass is 1300 g/mol. The van der Waals surface area contributed by atoms with Gasteiger partial charge in [0.2, 0.25) is 0 Å². The molecule has 4 aromatic carbocycles. The summed E-state index contributed by atoms with van der Waals surface area (Å²) in [6.07, 6.45) is 3.29. The fraction of sp³-hybridized carbons (Fsp3) is 0.583. The van der Waals surface area contributed by atoms with Crippen LogP contribution in [0.4, 0.5) is 11.4 Å². The molecule has 0 saturated carbocycles. The van der Waals surface area contributed by atoms with E-state index < -0.39 is 11.1 Å². The Hall–Kier alpha value is -6.70. The van der Waals surface area contributed by atoms with Gasteiger partial charge in [0.15, 0.2) is 11.6 Å². The summed E-state index contributed by atoms with van der Waals surface area (Å²) in [5.41, 5.74) is 4.70. The van der Waals surface area contributed by atoms with E-state index in [9.17, 15) is 28.8 Å². The molecule has 516 valence electrons. The Morgan fingerprint density at radius 3 is 1.09 bits per heavy atom. The first-order chi connectivity index (χ1) is 45.5. The SMILES string of the molecule is CCC(Cc1ccc(C(=O)N2CCN(C(=O)c3ccc(CC(CC)(C(=O)c4ccc(N5CCN(CCC(=O)OCCOCCOCCOC)CC5)cc4)N(C)C)cc3)CC2)cc1)(C(=O)c1ccc(N2CCN(CCC(=O)OCCOCCOCCCO)CC2)cc1)N(C)C. The summed E-state index contributed by atoms with van der Waals surface area (Å²) in [6, 6.07) is 30.9. The number of hydrogen-bond acceptors (Lipinski definition) is 20. The third kappa shape index (κ3) is 21.7. The van der Waals surface area contributed by atoms with Gasteiger partial charge in [-0.15, -0.1) is 0 Å². The molecule has 22 heteroatoms. The van der Waals surface area contributed by atoms with Crippen molar-refractivity contribution in [2.24, 2.45) is 0 Å². The Balaban J connectivity index is 0.821. The Labute approximate surface area is 557 Å². The standard InChI is InChI=1S/C72H104N8O14/c1-8-71(73(3)4,67(84)59-19-23-63(24-20-59)77-35-31-75(32-36-77)29-27-65(82)93-53-51-91-48-47-89-44-10-43-81)55-57-11-15-61(16-12-57)69(86)79-39-41-80(42-40-79)70(87)62-17-13-58(14-18-62)56-72(9-2,74(5)6)68(85)60-21-25-64(26-22-60)78-37-33-76(34-38-78)30-28-66(83)94-54-52-92-50-49-90-46-45-88-7/h11-26,81H,8-10,27-56H2,1-7H3. The first kappa shape index (κ1) is 74.7. The average Bonchev–Trinajstić information content (AvgIpc) is 0.801. The molecule has 0 bridgehead atoms. The second-order valence-corrected chi connectivity index (χ2v) is 24.8. The number of anilines is 2. The summed E-state index contributed by atoms with van der Waals surface area (Å²) < 4.78 is 37.2. The number of Topliss-reactive ketones (excluding diaryl/α,β-unsaturated/α-hetero) is 2. The second-order valence-electron chi connectivity index (χ2n) is 24.8. The van der Waals surface area contributed by atoms with Crippen LogP contribution >= 0.6 is 0 Å². The van der Waals surface area contributed by atoms with Crippen molar-refractivity contribution in [1.82, 2.24) is 29.4 Å². The molecule has 2 unspecified atom stereocenters. The molecule has 3 heterocycles. The van der Waals surface area contributed by atoms with Crippen LogP contribution in [0.3, 0.4) is 0 Å². The highest BCUT2D eigenvalue weighted by Gasteiger charge is 2.41. The molecule has 3 fully saturated rings. The minimum atomic E-state index is -0.825. The second kappa shape index (κ2) is 38.7. The maximum atomic E-state index is 14.5. The van der Waals surface area contributed by atoms with Crippen LogP contribution in [0.5, 0.6) is 0 Å². The fourth-order valence-corrected chi connectivity index (χ4v) is 12.4. The number of aliphatic hydroxyl groups is 1. The molecule has 3 aliphatic rings. The van der Waals surface area contributed by atoms with E-state index >= 15 is 0 Å². The summed E-state index contributed by atoms with van der Waals surface area (Å²) >= 11 is 0. The molecule has 0 aromatic heterocycles. The number of ether oxygens (including phenoxy) is 7. The lowest BCUT2D eigenvalue weighted by atomic mass is 9.80. The van der Waals surface area contributed by atoms with Gasteiger partial charge in [0, 0.05) is 146 Å². The van der Waals surface area contributed by atoms with Crippen molar-refractivity contribution in [2.75, 3.05) is 216 Å². The van der Waals surface area contributed by atoms with Crippen molar-refractivity contribution in [1.29, 1.82) is 0 Å². The maximum absolute atomic E-state index is 14.5. The first-order valence-corrected chi connectivity index (χ1v) is 33.6. The van der Waals surface area contributed by atoms with Gasteiger partial charge >= 0.3 is 11.9 Å². The topological polar surface area (TPSA) is 213 Å². The number of aliphatic hydroxyl groups excluding tert-OH is 1. The maximum Gasteiger partial charge on any atom is 0.307 e. The predicted octanol–water partition coefficient (Wildman–Crippen LogP) is 5.76. The Kier molecular flexibility index (Phi) is 30.8. The van der Waals surface area contributed by atoms with Crippen LogP contribution in [0, 0.1) is 0 Å². The van der Waals surface area contributed by atoms with Crippen molar-refractivity contribution < 1.29 is 67.0 Å². The summed E-state index contributed by atoms with van der Waals surface area (Å²) in [6.45, 7) is 17.7. The average molecular weight is 1310 g/mol. The summed E-state index contributed by atoms with van der Waals surface area (Å²) in [7, 11) is 9.40. The number of benzene rings is 4. The number of methoxy groups -OCH3 is 1. The quantitative estimate of drug-likeness (QED) is 0.0318. The van der Waals surface area contributed by atoms with Crippen LogP contribution in [-0.2, 0) is 55.6 Å². The highest BCUT2D eigenvalue weighted by Crippen LogP contribution is 2.32. The lowest BCUT2D eigenvalue weighted by molar-refractivity contribution is -0.146. The van der Waals surface area contributed by atoms with Gasteiger partial charge in [-0.05, 0) is 144 Å². The van der Waals surface area contributed by atoms with E-state index in [0.29, 0.717) is 166 Å². The summed E-state index contributed by atoms with van der Waals surface area (Å²) in [5, 5.41) is 8.81. The van der Waals surface area contributed by atoms with E-state index in [2.05, 4.69) is 19.6 Å². The van der Waals surface area contributed by atoms with Gasteiger partial charge in [0.25, 0.3) is 11.8 Å². The number of carbonyl (C=O) groups is 6. The first-order valence-electron chi connectivity index (χ1n) is 33.6. The van der Waals surface area contributed by atoms with Gasteiger partial charge in [-0.25, -0.2) is 0 Å². The Morgan fingerprint density at radius 1 is 0.426 bits per heavy atom. The van der Waals surface area contributed by atoms with Gasteiger partial charge in [-0.1, -0.05) is 38.1 Å². The molecule has 3 saturated heterocycles. The van der Waals surface area contributed by atoms with Crippen molar-refractivity contribution >= 4 is 46.7 Å². The molecule has 0 aliphatic carbocycles. The zero-order valence-corrected chi connectivity index (χ0v) is 56.9. The molecule has 0 spiro atoms. The molecule has 22 nitrogen and oxygen atoms in total. The van der Waals surface area contributed by atoms with Crippen LogP contribution in [0.15, 0.2) is 97.1 Å². The number of ketones is 2. The highest BCUT2D eigenvalue weighted by atomic mass is 16.6. The van der Waals surface area contributed by atoms with E-state index in [1.165, 1.54) is 0 Å². The Morgan fingerprint density at radius 2 is 0.755 bits per heavy atom. The van der Waals surface area contributed by atoms with Crippen LogP contribution in [0.2, 0.25) is 0 Å². The number of amides is 2. The molecular formula is C72H104N8O14. The van der Waals surface area contributed by atoms with Crippen molar-refractivity contribution in [3.05, 3.63) is 130 Å². The minimum Gasteiger partial charge on any atom is -0.463 e. The van der Waals surface area contributed by atoms with Gasteiger partial charge in [0.1, 0.15) is 13.2 Å². The lowest BCUT2D eigenvalue weighted by Gasteiger charge is -2.38. The smallest absolute Gasteiger partial charge is 0.307 e. The van der Waals surface area contributed by atoms with Crippen molar-refractivity contribution in [2.45, 2.75) is 69.9 Å². The number of rotatable bonds is 40. The molecule has 2 amide bonds. The van der Waals surface area contributed by atoms with Gasteiger partial charge in [0.05, 0.1) is 76.8 Å². The highest BCUT2D eigenvalue weighted by molar-refractivity contribution is 6.04. The Bertz CT molecular complexity index is 2750. The summed E-state index contributed by atoms with van der Waals surface area (Å²) in [5.74, 6) is -0.631. The van der Waals surface area contributed by atoms with Crippen molar-refractivity contribution in [3.63, 3.8) is 0 Å². The molecule has 2 atom stereocenters. The van der Waals surface area contributed by atoms with Crippen molar-refractivity contribution in [3.8, 4) is 0 Å². The van der Waals surface area contributed by atoms with E-state index in [1.807, 2.05) is 149 Å². The van der Waals surface area contributed by atoms with Crippen LogP contribution in [0.1, 0.15) is 98.5 Å². The van der Waals surface area contributed by atoms with Gasteiger partial charge in [-0.3, -0.25) is 48.4 Å². The fourth-order valence-electron chi connectivity index (χ4n) is 12.4. The zero-order chi connectivity index (χ0) is 67.3. The number of piperazine rings is 3. The minimum absolute atomic E-state index is 0.0321. The number of hydrogen-bond donors (Lipinski definition) is 1. The number of nitrogens with zero attached hydrogens (tertiary/aromatic N) is 8. The van der Waals surface area contributed by atoms with Crippen LogP contribution in [-0.4, -0.2) is 287 Å². The number of carbonyl (C=O) groups excluding carboxylic acids is 6. The third-order valence-electron chi connectivity index (χ3n) is 18.6. The van der Waals surface area contributed by atoms with Gasteiger partial charge < -0.3 is 57.9 Å². The van der Waals surface area contributed by atoms with E-state index in [0.717, 1.165) is 74.9 Å². The van der Waals surface area contributed by atoms with Gasteiger partial charge in [-0.2, -0.15) is 0 Å². The summed E-state index contributed by atoms with van der Waals surface area (Å²) in [4.78, 5) is 98.4.